The Balaban J connectivity index is 1.70. The molecule has 2 heterocycles. The molecule has 0 atom stereocenters. The summed E-state index contributed by atoms with van der Waals surface area (Å²) in [4.78, 5) is 7.10. The van der Waals surface area contributed by atoms with E-state index in [0.717, 1.165) is 54.0 Å². The van der Waals surface area contributed by atoms with E-state index in [0.29, 0.717) is 0 Å². The van der Waals surface area contributed by atoms with Crippen LogP contribution in [0, 0.1) is 11.3 Å². The van der Waals surface area contributed by atoms with Crippen molar-refractivity contribution < 1.29 is 0 Å². The van der Waals surface area contributed by atoms with Crippen LogP contribution in [0.1, 0.15) is 36.1 Å². The van der Waals surface area contributed by atoms with E-state index in [1.165, 1.54) is 46.7 Å². The third kappa shape index (κ3) is 2.99. The van der Waals surface area contributed by atoms with Crippen molar-refractivity contribution in [1.29, 1.82) is 5.26 Å². The molecule has 3 nitrogen and oxygen atoms in total. The fourth-order valence-electron chi connectivity index (χ4n) is 5.57. The minimum atomic E-state index is 0.819. The van der Waals surface area contributed by atoms with Crippen LogP contribution in [0.3, 0.4) is 0 Å². The van der Waals surface area contributed by atoms with E-state index in [1.54, 1.807) is 0 Å². The number of anilines is 1. The highest BCUT2D eigenvalue weighted by Crippen LogP contribution is 2.46. The first-order valence-corrected chi connectivity index (χ1v) is 11.6. The maximum atomic E-state index is 10.4. The van der Waals surface area contributed by atoms with Crippen molar-refractivity contribution in [3.63, 3.8) is 0 Å². The Bertz CT molecular complexity index is 1370. The van der Waals surface area contributed by atoms with Crippen molar-refractivity contribution in [2.45, 2.75) is 32.1 Å². The van der Waals surface area contributed by atoms with Crippen molar-refractivity contribution in [3.8, 4) is 28.3 Å². The molecule has 1 aliphatic carbocycles. The molecule has 2 aliphatic rings. The van der Waals surface area contributed by atoms with Crippen molar-refractivity contribution >= 4 is 16.5 Å². The lowest BCUT2D eigenvalue weighted by atomic mass is 9.79. The molecule has 3 aromatic carbocycles. The lowest BCUT2D eigenvalue weighted by molar-refractivity contribution is 0.577. The predicted molar refractivity (Wildman–Crippen MR) is 131 cm³/mol. The largest absolute Gasteiger partial charge is 0.370 e. The molecular weight excluding hydrogens is 390 g/mol. The van der Waals surface area contributed by atoms with E-state index < -0.39 is 0 Å². The number of hydrogen-bond acceptors (Lipinski definition) is 3. The fourth-order valence-corrected chi connectivity index (χ4v) is 5.57. The zero-order valence-corrected chi connectivity index (χ0v) is 18.1. The van der Waals surface area contributed by atoms with E-state index in [-0.39, 0.29) is 0 Å². The quantitative estimate of drug-likeness (QED) is 0.374. The molecule has 1 aromatic heterocycles. The van der Waals surface area contributed by atoms with Gasteiger partial charge in [-0.1, -0.05) is 48.5 Å². The second-order valence-corrected chi connectivity index (χ2v) is 8.86. The van der Waals surface area contributed by atoms with Crippen LogP contribution in [0.25, 0.3) is 33.0 Å². The van der Waals surface area contributed by atoms with Crippen LogP contribution in [0.2, 0.25) is 0 Å². The topological polar surface area (TPSA) is 39.9 Å². The first kappa shape index (κ1) is 19.1. The summed E-state index contributed by atoms with van der Waals surface area (Å²) in [5.74, 6) is 0. The standard InChI is InChI=1S/C29H25N3/c30-19-26-28(32-16-4-1-5-17-32)18-25(22-11-6-9-20-8-2-3-10-21(20)22)23-13-14-27-24(29(23)26)12-7-15-31-27/h2-3,6-12,15,18H,1,4-5,13-14,16-17H2. The maximum absolute atomic E-state index is 10.4. The molecule has 0 spiro atoms. The molecular formula is C29H25N3. The van der Waals surface area contributed by atoms with Crippen molar-refractivity contribution in [3.05, 3.63) is 83.7 Å². The Hall–Kier alpha value is -3.64. The molecule has 0 bridgehead atoms. The van der Waals surface area contributed by atoms with Crippen molar-refractivity contribution in [2.75, 3.05) is 18.0 Å². The molecule has 0 N–H and O–H groups in total. The molecule has 1 saturated heterocycles. The highest BCUT2D eigenvalue weighted by Gasteiger charge is 2.28. The predicted octanol–water partition coefficient (Wildman–Crippen LogP) is 6.53. The van der Waals surface area contributed by atoms with E-state index in [9.17, 15) is 5.26 Å². The highest BCUT2D eigenvalue weighted by atomic mass is 15.1. The number of fused-ring (bicyclic) bond motifs is 4. The molecule has 0 unspecified atom stereocenters. The Morgan fingerprint density at radius 1 is 0.812 bits per heavy atom. The zero-order chi connectivity index (χ0) is 21.5. The van der Waals surface area contributed by atoms with Gasteiger partial charge in [0.25, 0.3) is 0 Å². The summed E-state index contributed by atoms with van der Waals surface area (Å²) in [5.41, 5.74) is 9.07. The average molecular weight is 416 g/mol. The summed E-state index contributed by atoms with van der Waals surface area (Å²) in [5, 5.41) is 12.9. The molecule has 6 rings (SSSR count). The number of hydrogen-bond donors (Lipinski definition) is 0. The van der Waals surface area contributed by atoms with E-state index >= 15 is 0 Å². The fraction of sp³-hybridized carbons (Fsp3) is 0.241. The second kappa shape index (κ2) is 7.80. The molecule has 4 aromatic rings. The smallest absolute Gasteiger partial charge is 0.102 e. The number of nitriles is 1. The average Bonchev–Trinajstić information content (AvgIpc) is 2.87. The third-order valence-electron chi connectivity index (χ3n) is 7.07. The summed E-state index contributed by atoms with van der Waals surface area (Å²) in [7, 11) is 0. The lowest BCUT2D eigenvalue weighted by Crippen LogP contribution is -2.30. The van der Waals surface area contributed by atoms with E-state index in [1.807, 2.05) is 12.3 Å². The zero-order valence-electron chi connectivity index (χ0n) is 18.1. The van der Waals surface area contributed by atoms with Gasteiger partial charge < -0.3 is 4.90 Å². The number of nitrogens with zero attached hydrogens (tertiary/aromatic N) is 3. The number of piperidine rings is 1. The minimum absolute atomic E-state index is 0.819. The lowest BCUT2D eigenvalue weighted by Gasteiger charge is -2.33. The van der Waals surface area contributed by atoms with Gasteiger partial charge >= 0.3 is 0 Å². The van der Waals surface area contributed by atoms with E-state index in [4.69, 9.17) is 0 Å². The van der Waals surface area contributed by atoms with Gasteiger partial charge in [-0.25, -0.2) is 0 Å². The Labute approximate surface area is 189 Å². The van der Waals surface area contributed by atoms with Crippen LogP contribution >= 0.6 is 0 Å². The summed E-state index contributed by atoms with van der Waals surface area (Å²) >= 11 is 0. The molecule has 1 aliphatic heterocycles. The Morgan fingerprint density at radius 2 is 1.62 bits per heavy atom. The normalized spacial score (nSPS) is 15.2. The van der Waals surface area contributed by atoms with Crippen LogP contribution < -0.4 is 4.90 Å². The Kier molecular flexibility index (Phi) is 4.65. The minimum Gasteiger partial charge on any atom is -0.370 e. The van der Waals surface area contributed by atoms with Gasteiger partial charge in [-0.05, 0) is 71.7 Å². The van der Waals surface area contributed by atoms with Gasteiger partial charge in [0.15, 0.2) is 0 Å². The number of aromatic nitrogens is 1. The first-order chi connectivity index (χ1) is 15.8. The van der Waals surface area contributed by atoms with Gasteiger partial charge in [-0.3, -0.25) is 4.98 Å². The summed E-state index contributed by atoms with van der Waals surface area (Å²) in [6.07, 6.45) is 7.33. The first-order valence-electron chi connectivity index (χ1n) is 11.6. The summed E-state index contributed by atoms with van der Waals surface area (Å²) in [6.45, 7) is 2.03. The molecule has 0 saturated carbocycles. The number of benzene rings is 3. The van der Waals surface area contributed by atoms with Crippen molar-refractivity contribution in [2.24, 2.45) is 0 Å². The van der Waals surface area contributed by atoms with Crippen molar-refractivity contribution in [1.82, 2.24) is 4.98 Å². The second-order valence-electron chi connectivity index (χ2n) is 8.86. The van der Waals surface area contributed by atoms with Gasteiger partial charge in [0.1, 0.15) is 6.07 Å². The van der Waals surface area contributed by atoms with Gasteiger partial charge in [0, 0.05) is 36.1 Å². The SMILES string of the molecule is N#Cc1c(N2CCCCC2)cc(-c2cccc3ccccc23)c2c1-c1cccnc1CC2. The molecule has 1 fully saturated rings. The molecule has 0 radical (unpaired) electrons. The van der Waals surface area contributed by atoms with Crippen LogP contribution in [0.15, 0.2) is 66.9 Å². The number of pyridine rings is 1. The van der Waals surface area contributed by atoms with Crippen LogP contribution in [-0.4, -0.2) is 18.1 Å². The third-order valence-corrected chi connectivity index (χ3v) is 7.07. The van der Waals surface area contributed by atoms with E-state index in [2.05, 4.69) is 70.6 Å². The molecule has 0 amide bonds. The molecule has 32 heavy (non-hydrogen) atoms. The van der Waals surface area contributed by atoms with Crippen LogP contribution in [0.4, 0.5) is 5.69 Å². The maximum Gasteiger partial charge on any atom is 0.102 e. The van der Waals surface area contributed by atoms with Crippen LogP contribution in [0.5, 0.6) is 0 Å². The number of rotatable bonds is 2. The Morgan fingerprint density at radius 3 is 2.50 bits per heavy atom. The summed E-state index contributed by atoms with van der Waals surface area (Å²) in [6, 6.07) is 24.3. The highest BCUT2D eigenvalue weighted by molar-refractivity contribution is 6.00. The summed E-state index contributed by atoms with van der Waals surface area (Å²) < 4.78 is 0. The number of aryl methyl sites for hydroxylation is 1. The van der Waals surface area contributed by atoms with Gasteiger partial charge in [-0.2, -0.15) is 5.26 Å². The van der Waals surface area contributed by atoms with Gasteiger partial charge in [0.05, 0.1) is 11.3 Å². The monoisotopic (exact) mass is 415 g/mol. The molecule has 156 valence electrons. The van der Waals surface area contributed by atoms with Gasteiger partial charge in [-0.15, -0.1) is 0 Å². The van der Waals surface area contributed by atoms with Crippen LogP contribution in [-0.2, 0) is 12.8 Å². The molecule has 3 heteroatoms. The van der Waals surface area contributed by atoms with Gasteiger partial charge in [0.2, 0.25) is 0 Å².